The molecule has 0 aliphatic heterocycles. The normalized spacial score (nSPS) is 9.78. The minimum atomic E-state index is -1.17. The summed E-state index contributed by atoms with van der Waals surface area (Å²) in [5, 5.41) is 34.3. The SMILES string of the molecule is CC(O)O.O.Oc1ccccc1C=NCCN=Cc1ccccc1O.[Mn].[Mn]. The van der Waals surface area contributed by atoms with Gasteiger partial charge < -0.3 is 25.9 Å². The Kier molecular flexibility index (Phi) is 19.7. The number of aliphatic hydroxyl groups excluding tert-OH is 1. The molecule has 6 N–H and O–H groups in total. The van der Waals surface area contributed by atoms with Crippen LogP contribution < -0.4 is 0 Å². The van der Waals surface area contributed by atoms with Crippen LogP contribution in [0.3, 0.4) is 0 Å². The van der Waals surface area contributed by atoms with Gasteiger partial charge >= 0.3 is 0 Å². The van der Waals surface area contributed by atoms with Crippen LogP contribution in [-0.4, -0.2) is 57.7 Å². The summed E-state index contributed by atoms with van der Waals surface area (Å²) in [6.07, 6.45) is 2.09. The Morgan fingerprint density at radius 2 is 1.07 bits per heavy atom. The Morgan fingerprint density at radius 1 is 0.778 bits per heavy atom. The fraction of sp³-hybridized carbons (Fsp3) is 0.222. The first-order chi connectivity index (χ1) is 11.5. The zero-order valence-electron chi connectivity index (χ0n) is 14.7. The zero-order valence-corrected chi connectivity index (χ0v) is 17.1. The van der Waals surface area contributed by atoms with Crippen molar-refractivity contribution in [1.29, 1.82) is 0 Å². The molecule has 0 heterocycles. The summed E-state index contributed by atoms with van der Waals surface area (Å²) in [5.41, 5.74) is 1.38. The molecule has 0 amide bonds. The predicted molar refractivity (Wildman–Crippen MR) is 98.6 cm³/mol. The van der Waals surface area contributed by atoms with E-state index in [1.54, 1.807) is 48.8 Å². The van der Waals surface area contributed by atoms with Crippen molar-refractivity contribution in [3.63, 3.8) is 0 Å². The van der Waals surface area contributed by atoms with Crippen molar-refractivity contribution in [1.82, 2.24) is 0 Å². The minimum absolute atomic E-state index is 0. The molecule has 0 aliphatic carbocycles. The molecule has 150 valence electrons. The van der Waals surface area contributed by atoms with Crippen molar-refractivity contribution >= 4 is 12.4 Å². The van der Waals surface area contributed by atoms with Crippen LogP contribution in [0.4, 0.5) is 0 Å². The van der Waals surface area contributed by atoms with Gasteiger partial charge in [0.15, 0.2) is 0 Å². The van der Waals surface area contributed by atoms with Gasteiger partial charge in [-0.2, -0.15) is 0 Å². The van der Waals surface area contributed by atoms with E-state index in [9.17, 15) is 10.2 Å². The van der Waals surface area contributed by atoms with E-state index >= 15 is 0 Å². The molecule has 7 nitrogen and oxygen atoms in total. The van der Waals surface area contributed by atoms with Gasteiger partial charge in [0.05, 0.1) is 13.1 Å². The number of nitrogens with zero attached hydrogens (tertiary/aromatic N) is 2. The molecule has 0 aromatic heterocycles. The Bertz CT molecular complexity index is 624. The maximum absolute atomic E-state index is 9.54. The van der Waals surface area contributed by atoms with Gasteiger partial charge in [0, 0.05) is 57.7 Å². The van der Waals surface area contributed by atoms with Crippen LogP contribution in [0.15, 0.2) is 58.5 Å². The summed E-state index contributed by atoms with van der Waals surface area (Å²) in [6, 6.07) is 14.1. The van der Waals surface area contributed by atoms with Crippen LogP contribution in [0.1, 0.15) is 18.1 Å². The van der Waals surface area contributed by atoms with Gasteiger partial charge in [-0.05, 0) is 31.2 Å². The number of phenols is 2. The largest absolute Gasteiger partial charge is 0.507 e. The number of hydrogen-bond acceptors (Lipinski definition) is 6. The molecule has 0 fully saturated rings. The Hall–Kier alpha value is -1.70. The Balaban J connectivity index is -0.000000751. The molecule has 0 saturated carbocycles. The Morgan fingerprint density at radius 3 is 1.37 bits per heavy atom. The minimum Gasteiger partial charge on any atom is -0.507 e. The quantitative estimate of drug-likeness (QED) is 0.231. The summed E-state index contributed by atoms with van der Waals surface area (Å²) in [7, 11) is 0. The Labute approximate surface area is 179 Å². The second kappa shape index (κ2) is 17.7. The molecular formula is C18H24Mn2N2O5. The fourth-order valence-corrected chi connectivity index (χ4v) is 1.63. The van der Waals surface area contributed by atoms with Crippen LogP contribution >= 0.6 is 0 Å². The number of aromatic hydroxyl groups is 2. The third-order valence-corrected chi connectivity index (χ3v) is 2.69. The number of para-hydroxylation sites is 2. The van der Waals surface area contributed by atoms with E-state index in [2.05, 4.69) is 9.98 Å². The van der Waals surface area contributed by atoms with Gasteiger partial charge in [-0.15, -0.1) is 0 Å². The molecule has 9 heteroatoms. The first-order valence-electron chi connectivity index (χ1n) is 7.42. The van der Waals surface area contributed by atoms with E-state index in [0.717, 1.165) is 0 Å². The van der Waals surface area contributed by atoms with Crippen LogP contribution in [0, 0.1) is 0 Å². The average Bonchev–Trinajstić information content (AvgIpc) is 2.53. The summed E-state index contributed by atoms with van der Waals surface area (Å²) >= 11 is 0. The molecule has 2 rings (SSSR count). The summed E-state index contributed by atoms with van der Waals surface area (Å²) < 4.78 is 0. The molecule has 0 atom stereocenters. The van der Waals surface area contributed by atoms with Crippen molar-refractivity contribution < 1.29 is 60.0 Å². The molecule has 0 saturated heterocycles. The molecule has 0 spiro atoms. The molecule has 2 aromatic carbocycles. The van der Waals surface area contributed by atoms with Crippen LogP contribution in [0.25, 0.3) is 0 Å². The maximum atomic E-state index is 9.54. The van der Waals surface area contributed by atoms with Gasteiger partial charge in [-0.3, -0.25) is 9.98 Å². The van der Waals surface area contributed by atoms with Crippen LogP contribution in [0.5, 0.6) is 11.5 Å². The second-order valence-corrected chi connectivity index (χ2v) is 4.82. The third-order valence-electron chi connectivity index (χ3n) is 2.69. The standard InChI is InChI=1S/C16H16N2O2.C2H6O2.2Mn.H2O/c19-15-7-3-1-5-13(15)11-17-9-10-18-12-14-6-2-4-8-16(14)20;1-2(3)4;;;/h1-8,11-12,19-20H,9-10H2;2-4H,1H3;;;1H2. The first kappa shape index (κ1) is 30.0. The average molecular weight is 458 g/mol. The van der Waals surface area contributed by atoms with Gasteiger partial charge in [0.1, 0.15) is 17.8 Å². The van der Waals surface area contributed by atoms with E-state index in [-0.39, 0.29) is 51.1 Å². The predicted octanol–water partition coefficient (Wildman–Crippen LogP) is 1.12. The van der Waals surface area contributed by atoms with E-state index in [1.807, 2.05) is 12.1 Å². The van der Waals surface area contributed by atoms with E-state index in [0.29, 0.717) is 24.2 Å². The van der Waals surface area contributed by atoms with E-state index in [1.165, 1.54) is 6.92 Å². The molecular weight excluding hydrogens is 434 g/mol. The number of hydrogen-bond donors (Lipinski definition) is 4. The zero-order chi connectivity index (χ0) is 17.8. The van der Waals surface area contributed by atoms with Crippen molar-refractivity contribution in [2.45, 2.75) is 13.2 Å². The molecule has 0 bridgehead atoms. The maximum Gasteiger partial charge on any atom is 0.148 e. The smallest absolute Gasteiger partial charge is 0.148 e. The second-order valence-electron chi connectivity index (χ2n) is 4.82. The van der Waals surface area contributed by atoms with E-state index in [4.69, 9.17) is 10.2 Å². The molecule has 2 radical (unpaired) electrons. The van der Waals surface area contributed by atoms with Gasteiger partial charge in [0.2, 0.25) is 0 Å². The number of aliphatic hydroxyl groups is 2. The summed E-state index contributed by atoms with van der Waals surface area (Å²) in [5.74, 6) is 0.433. The van der Waals surface area contributed by atoms with Crippen LogP contribution in [-0.2, 0) is 34.1 Å². The number of aliphatic imine (C=N–C) groups is 2. The van der Waals surface area contributed by atoms with Gasteiger partial charge in [0.25, 0.3) is 0 Å². The third kappa shape index (κ3) is 14.1. The monoisotopic (exact) mass is 458 g/mol. The molecule has 2 aromatic rings. The fourth-order valence-electron chi connectivity index (χ4n) is 1.63. The van der Waals surface area contributed by atoms with Crippen molar-refractivity contribution in [2.24, 2.45) is 9.98 Å². The topological polar surface area (TPSA) is 137 Å². The van der Waals surface area contributed by atoms with Gasteiger partial charge in [-0.25, -0.2) is 0 Å². The number of phenolic OH excluding ortho intramolecular Hbond substituents is 2. The van der Waals surface area contributed by atoms with Crippen molar-refractivity contribution in [3.8, 4) is 11.5 Å². The first-order valence-corrected chi connectivity index (χ1v) is 7.42. The van der Waals surface area contributed by atoms with Crippen LogP contribution in [0.2, 0.25) is 0 Å². The summed E-state index contributed by atoms with van der Waals surface area (Å²) in [4.78, 5) is 8.39. The summed E-state index contributed by atoms with van der Waals surface area (Å²) in [6.45, 7) is 2.33. The molecule has 27 heavy (non-hydrogen) atoms. The van der Waals surface area contributed by atoms with Gasteiger partial charge in [-0.1, -0.05) is 24.3 Å². The van der Waals surface area contributed by atoms with Crippen molar-refractivity contribution in [3.05, 3.63) is 59.7 Å². The number of rotatable bonds is 5. The van der Waals surface area contributed by atoms with E-state index < -0.39 is 6.29 Å². The molecule has 0 aliphatic rings. The van der Waals surface area contributed by atoms with Crippen molar-refractivity contribution in [2.75, 3.05) is 13.1 Å². The number of benzene rings is 2. The molecule has 0 unspecified atom stereocenters.